The lowest BCUT2D eigenvalue weighted by molar-refractivity contribution is 0.354. The molecule has 4 rings (SSSR count). The molecule has 1 atom stereocenters. The molecule has 2 aromatic heterocycles. The zero-order valence-electron chi connectivity index (χ0n) is 15.8. The van der Waals surface area contributed by atoms with Crippen LogP contribution in [0.15, 0.2) is 53.1 Å². The van der Waals surface area contributed by atoms with Crippen molar-refractivity contribution in [3.63, 3.8) is 0 Å². The van der Waals surface area contributed by atoms with E-state index < -0.39 is 0 Å². The van der Waals surface area contributed by atoms with Crippen LogP contribution in [0.1, 0.15) is 36.9 Å². The number of nitrogens with zero attached hydrogens (tertiary/aromatic N) is 5. The highest BCUT2D eigenvalue weighted by Crippen LogP contribution is 2.35. The number of rotatable bonds is 4. The highest BCUT2D eigenvalue weighted by molar-refractivity contribution is 6.36. The van der Waals surface area contributed by atoms with Crippen LogP contribution in [0.4, 0.5) is 0 Å². The van der Waals surface area contributed by atoms with Crippen LogP contribution >= 0.6 is 11.6 Å². The van der Waals surface area contributed by atoms with Gasteiger partial charge in [0.25, 0.3) is 0 Å². The number of nitriles is 2. The van der Waals surface area contributed by atoms with Crippen LogP contribution in [0.5, 0.6) is 0 Å². The van der Waals surface area contributed by atoms with E-state index in [9.17, 15) is 5.26 Å². The lowest BCUT2D eigenvalue weighted by atomic mass is 10.0. The Morgan fingerprint density at radius 3 is 2.41 bits per heavy atom. The second kappa shape index (κ2) is 7.43. The van der Waals surface area contributed by atoms with Crippen LogP contribution in [-0.4, -0.2) is 14.8 Å². The molecule has 0 N–H and O–H groups in total. The Morgan fingerprint density at radius 2 is 1.76 bits per heavy atom. The lowest BCUT2D eigenvalue weighted by Crippen LogP contribution is -2.16. The van der Waals surface area contributed by atoms with Crippen LogP contribution in [0.25, 0.3) is 22.4 Å². The Bertz CT molecular complexity index is 1270. The summed E-state index contributed by atoms with van der Waals surface area (Å²) in [6.07, 6.45) is 1.92. The van der Waals surface area contributed by atoms with E-state index in [-0.39, 0.29) is 12.0 Å². The van der Waals surface area contributed by atoms with E-state index in [0.717, 1.165) is 16.5 Å². The first kappa shape index (κ1) is 18.7. The molecule has 0 aliphatic heterocycles. The molecular formula is C22H16ClN5O. The van der Waals surface area contributed by atoms with Gasteiger partial charge in [-0.05, 0) is 48.4 Å². The van der Waals surface area contributed by atoms with Crippen LogP contribution in [-0.2, 0) is 0 Å². The van der Waals surface area contributed by atoms with E-state index in [1.165, 1.54) is 0 Å². The van der Waals surface area contributed by atoms with Crippen molar-refractivity contribution in [3.8, 4) is 23.6 Å². The fourth-order valence-electron chi connectivity index (χ4n) is 3.41. The van der Waals surface area contributed by atoms with Gasteiger partial charge in [0.15, 0.2) is 0 Å². The molecule has 0 saturated carbocycles. The van der Waals surface area contributed by atoms with Gasteiger partial charge in [0, 0.05) is 17.1 Å². The number of hydrogen-bond donors (Lipinski definition) is 0. The molecule has 29 heavy (non-hydrogen) atoms. The van der Waals surface area contributed by atoms with Crippen molar-refractivity contribution in [1.29, 1.82) is 10.5 Å². The van der Waals surface area contributed by atoms with Gasteiger partial charge in [-0.25, -0.2) is 0 Å². The number of benzene rings is 2. The predicted molar refractivity (Wildman–Crippen MR) is 109 cm³/mol. The molecule has 0 bridgehead atoms. The summed E-state index contributed by atoms with van der Waals surface area (Å²) in [6.45, 7) is 4.15. The fraction of sp³-hybridized carbons (Fsp3) is 0.182. The van der Waals surface area contributed by atoms with Gasteiger partial charge in [-0.1, -0.05) is 25.4 Å². The molecule has 6 nitrogen and oxygen atoms in total. The summed E-state index contributed by atoms with van der Waals surface area (Å²) in [7, 11) is 0. The molecule has 2 heterocycles. The van der Waals surface area contributed by atoms with Crippen molar-refractivity contribution in [2.75, 3.05) is 0 Å². The van der Waals surface area contributed by atoms with Crippen LogP contribution in [0.3, 0.4) is 0 Å². The maximum atomic E-state index is 9.21. The molecule has 0 aliphatic carbocycles. The SMILES string of the molecule is CC(C)C(c1nnc(-c2ccc(C#N)cc2)o1)n1ccc2c(Cl)c(C#N)ccc21. The van der Waals surface area contributed by atoms with Gasteiger partial charge >= 0.3 is 0 Å². The van der Waals surface area contributed by atoms with Crippen molar-refractivity contribution in [1.82, 2.24) is 14.8 Å². The van der Waals surface area contributed by atoms with Gasteiger partial charge in [-0.3, -0.25) is 0 Å². The van der Waals surface area contributed by atoms with Crippen LogP contribution in [0.2, 0.25) is 5.02 Å². The smallest absolute Gasteiger partial charge is 0.247 e. The van der Waals surface area contributed by atoms with Crippen molar-refractivity contribution in [3.05, 3.63) is 70.7 Å². The maximum Gasteiger partial charge on any atom is 0.247 e. The number of hydrogen-bond acceptors (Lipinski definition) is 5. The minimum atomic E-state index is -0.198. The highest BCUT2D eigenvalue weighted by atomic mass is 35.5. The maximum absolute atomic E-state index is 9.21. The second-order valence-electron chi connectivity index (χ2n) is 7.02. The molecule has 4 aromatic rings. The molecule has 7 heteroatoms. The monoisotopic (exact) mass is 401 g/mol. The summed E-state index contributed by atoms with van der Waals surface area (Å²) in [5.74, 6) is 1.04. The lowest BCUT2D eigenvalue weighted by Gasteiger charge is -2.20. The third-order valence-electron chi connectivity index (χ3n) is 4.84. The average molecular weight is 402 g/mol. The second-order valence-corrected chi connectivity index (χ2v) is 7.40. The van der Waals surface area contributed by atoms with Crippen molar-refractivity contribution < 1.29 is 4.42 Å². The van der Waals surface area contributed by atoms with Gasteiger partial charge in [0.05, 0.1) is 27.7 Å². The summed E-state index contributed by atoms with van der Waals surface area (Å²) < 4.78 is 8.05. The summed E-state index contributed by atoms with van der Waals surface area (Å²) in [4.78, 5) is 0. The normalized spacial score (nSPS) is 12.1. The molecule has 0 aliphatic rings. The van der Waals surface area contributed by atoms with E-state index in [2.05, 4.69) is 36.2 Å². The van der Waals surface area contributed by atoms with Gasteiger partial charge in [0.2, 0.25) is 11.8 Å². The van der Waals surface area contributed by atoms with E-state index in [0.29, 0.717) is 27.9 Å². The molecule has 1 unspecified atom stereocenters. The minimum Gasteiger partial charge on any atom is -0.418 e. The predicted octanol–water partition coefficient (Wildman–Crippen LogP) is 5.33. The zero-order chi connectivity index (χ0) is 20.5. The van der Waals surface area contributed by atoms with Crippen molar-refractivity contribution in [2.45, 2.75) is 19.9 Å². The Balaban J connectivity index is 1.77. The van der Waals surface area contributed by atoms with Crippen LogP contribution < -0.4 is 0 Å². The third-order valence-corrected chi connectivity index (χ3v) is 5.25. The number of aromatic nitrogens is 3. The average Bonchev–Trinajstić information content (AvgIpc) is 3.37. The largest absolute Gasteiger partial charge is 0.418 e. The van der Waals surface area contributed by atoms with Crippen molar-refractivity contribution in [2.24, 2.45) is 5.92 Å². The zero-order valence-corrected chi connectivity index (χ0v) is 16.6. The molecular weight excluding hydrogens is 386 g/mol. The van der Waals surface area contributed by atoms with E-state index in [1.54, 1.807) is 30.3 Å². The number of halogens is 1. The molecule has 142 valence electrons. The van der Waals surface area contributed by atoms with Gasteiger partial charge in [-0.2, -0.15) is 10.5 Å². The molecule has 0 fully saturated rings. The highest BCUT2D eigenvalue weighted by Gasteiger charge is 2.26. The first-order valence-electron chi connectivity index (χ1n) is 9.06. The Hall–Kier alpha value is -3.61. The quantitative estimate of drug-likeness (QED) is 0.460. The first-order valence-corrected chi connectivity index (χ1v) is 9.44. The topological polar surface area (TPSA) is 91.4 Å². The molecule has 0 saturated heterocycles. The molecule has 0 radical (unpaired) electrons. The molecule has 2 aromatic carbocycles. The van der Waals surface area contributed by atoms with Gasteiger partial charge in [0.1, 0.15) is 12.1 Å². The number of fused-ring (bicyclic) bond motifs is 1. The third kappa shape index (κ3) is 3.24. The first-order chi connectivity index (χ1) is 14.0. The van der Waals surface area contributed by atoms with Gasteiger partial charge < -0.3 is 8.98 Å². The van der Waals surface area contributed by atoms with Gasteiger partial charge in [-0.15, -0.1) is 10.2 Å². The Labute approximate surface area is 172 Å². The minimum absolute atomic E-state index is 0.161. The van der Waals surface area contributed by atoms with Crippen molar-refractivity contribution >= 4 is 22.5 Å². The van der Waals surface area contributed by atoms with E-state index in [1.807, 2.05) is 22.9 Å². The summed E-state index contributed by atoms with van der Waals surface area (Å²) in [5, 5.41) is 27.9. The Morgan fingerprint density at radius 1 is 1.00 bits per heavy atom. The molecule has 0 amide bonds. The van der Waals surface area contributed by atoms with E-state index in [4.69, 9.17) is 21.3 Å². The molecule has 0 spiro atoms. The standard InChI is InChI=1S/C22H16ClN5O/c1-13(2)20(28-10-9-17-18(28)8-7-16(12-25)19(17)23)22-27-26-21(29-22)15-5-3-14(11-24)4-6-15/h3-10,13,20H,1-2H3. The summed E-state index contributed by atoms with van der Waals surface area (Å²) in [6, 6.07) is 16.5. The van der Waals surface area contributed by atoms with Crippen LogP contribution in [0, 0.1) is 28.6 Å². The fourth-order valence-corrected chi connectivity index (χ4v) is 3.68. The van der Waals surface area contributed by atoms with E-state index >= 15 is 0 Å². The summed E-state index contributed by atoms with van der Waals surface area (Å²) >= 11 is 6.38. The summed E-state index contributed by atoms with van der Waals surface area (Å²) in [5.41, 5.74) is 2.66. The Kier molecular flexibility index (Phi) is 4.80.